The van der Waals surface area contributed by atoms with Gasteiger partial charge in [0.25, 0.3) is 0 Å². The highest BCUT2D eigenvalue weighted by Crippen LogP contribution is 2.53. The maximum atomic E-state index is 12.9. The Morgan fingerprint density at radius 3 is 2.52 bits per heavy atom. The second kappa shape index (κ2) is 7.06. The Morgan fingerprint density at radius 1 is 1.28 bits per heavy atom. The molecule has 1 aliphatic heterocycles. The molecule has 0 amide bonds. The highest BCUT2D eigenvalue weighted by atomic mass is 35.5. The summed E-state index contributed by atoms with van der Waals surface area (Å²) in [5.74, 6) is -0.632. The second-order valence-electron chi connectivity index (χ2n) is 6.71. The summed E-state index contributed by atoms with van der Waals surface area (Å²) in [4.78, 5) is 12.4. The van der Waals surface area contributed by atoms with Gasteiger partial charge in [-0.15, -0.1) is 23.2 Å². The Hall–Kier alpha value is -0.820. The normalized spacial score (nSPS) is 23.2. The molecular weight excluding hydrogens is 385 g/mol. The Morgan fingerprint density at radius 2 is 1.92 bits per heavy atom. The maximum Gasteiger partial charge on any atom is 0.338 e. The van der Waals surface area contributed by atoms with E-state index in [0.717, 1.165) is 19.3 Å². The van der Waals surface area contributed by atoms with Crippen molar-refractivity contribution in [1.29, 1.82) is 0 Å². The van der Waals surface area contributed by atoms with Crippen molar-refractivity contribution in [2.24, 2.45) is 5.92 Å². The number of alkyl halides is 2. The van der Waals surface area contributed by atoms with Gasteiger partial charge in [-0.05, 0) is 43.9 Å². The number of benzene rings is 1. The zero-order valence-corrected chi connectivity index (χ0v) is 16.3. The summed E-state index contributed by atoms with van der Waals surface area (Å²) >= 11 is 11.8. The van der Waals surface area contributed by atoms with Crippen LogP contribution in [0.1, 0.15) is 41.6 Å². The zero-order chi connectivity index (χ0) is 18.2. The maximum absolute atomic E-state index is 12.9. The Balaban J connectivity index is 1.76. The number of piperidine rings is 1. The number of rotatable bonds is 5. The number of hydrogen-bond acceptors (Lipinski definition) is 4. The van der Waals surface area contributed by atoms with E-state index in [4.69, 9.17) is 27.9 Å². The molecule has 1 saturated carbocycles. The SMILES string of the molecule is Cc1ccc(C(=O)OC[C@H]2CC2(Cl)Cl)cc1S(=O)(=O)N1CCCCC1. The minimum atomic E-state index is -3.60. The number of hydrogen-bond donors (Lipinski definition) is 0. The van der Waals surface area contributed by atoms with Crippen LogP contribution in [0.4, 0.5) is 0 Å². The van der Waals surface area contributed by atoms with E-state index >= 15 is 0 Å². The lowest BCUT2D eigenvalue weighted by atomic mass is 10.1. The fourth-order valence-corrected chi connectivity index (χ4v) is 5.23. The highest BCUT2D eigenvalue weighted by molar-refractivity contribution is 7.89. The van der Waals surface area contributed by atoms with Crippen LogP contribution in [0.15, 0.2) is 23.1 Å². The molecule has 1 saturated heterocycles. The number of ether oxygens (including phenoxy) is 1. The summed E-state index contributed by atoms with van der Waals surface area (Å²) in [6.45, 7) is 2.90. The standard InChI is InChI=1S/C17H21Cl2NO4S/c1-12-5-6-13(16(21)24-11-14-10-17(14,18)19)9-15(12)25(22,23)20-7-3-2-4-8-20/h5-6,9,14H,2-4,7-8,10-11H2,1H3/t14-/m1/s1. The molecule has 0 spiro atoms. The molecule has 25 heavy (non-hydrogen) atoms. The van der Waals surface area contributed by atoms with Gasteiger partial charge in [0.15, 0.2) is 0 Å². The molecule has 138 valence electrons. The van der Waals surface area contributed by atoms with Gasteiger partial charge in [0.05, 0.1) is 17.1 Å². The molecule has 1 aromatic rings. The number of aryl methyl sites for hydroxylation is 1. The van der Waals surface area contributed by atoms with E-state index in [1.54, 1.807) is 19.1 Å². The minimum absolute atomic E-state index is 0.0678. The summed E-state index contributed by atoms with van der Waals surface area (Å²) in [6, 6.07) is 4.62. The number of esters is 1. The molecule has 0 N–H and O–H groups in total. The average Bonchev–Trinajstić information content (AvgIpc) is 3.20. The zero-order valence-electron chi connectivity index (χ0n) is 14.0. The summed E-state index contributed by atoms with van der Waals surface area (Å²) < 4.78 is 31.7. The third kappa shape index (κ3) is 4.13. The fourth-order valence-electron chi connectivity index (χ4n) is 2.96. The molecule has 0 aromatic heterocycles. The molecule has 1 aliphatic carbocycles. The third-order valence-corrected chi connectivity index (χ3v) is 7.69. The van der Waals surface area contributed by atoms with Crippen molar-refractivity contribution >= 4 is 39.2 Å². The van der Waals surface area contributed by atoms with Crippen molar-refractivity contribution in [3.05, 3.63) is 29.3 Å². The molecule has 1 aromatic carbocycles. The van der Waals surface area contributed by atoms with Crippen LogP contribution in [0.5, 0.6) is 0 Å². The van der Waals surface area contributed by atoms with Gasteiger partial charge in [-0.1, -0.05) is 12.5 Å². The topological polar surface area (TPSA) is 63.7 Å². The molecule has 1 atom stereocenters. The first kappa shape index (κ1) is 19.0. The van der Waals surface area contributed by atoms with Crippen LogP contribution in [0.25, 0.3) is 0 Å². The minimum Gasteiger partial charge on any atom is -0.462 e. The van der Waals surface area contributed by atoms with Gasteiger partial charge in [0, 0.05) is 19.0 Å². The Labute approximate surface area is 158 Å². The third-order valence-electron chi connectivity index (χ3n) is 4.73. The van der Waals surface area contributed by atoms with Crippen LogP contribution in [-0.4, -0.2) is 42.7 Å². The quantitative estimate of drug-likeness (QED) is 0.555. The predicted molar refractivity (Wildman–Crippen MR) is 96.6 cm³/mol. The van der Waals surface area contributed by atoms with E-state index in [0.29, 0.717) is 25.1 Å². The molecule has 5 nitrogen and oxygen atoms in total. The van der Waals surface area contributed by atoms with Crippen LogP contribution in [0, 0.1) is 12.8 Å². The molecule has 3 rings (SSSR count). The van der Waals surface area contributed by atoms with Crippen LogP contribution >= 0.6 is 23.2 Å². The lowest BCUT2D eigenvalue weighted by Crippen LogP contribution is -2.36. The van der Waals surface area contributed by atoms with Gasteiger partial charge < -0.3 is 4.74 Å². The molecular formula is C17H21Cl2NO4S. The lowest BCUT2D eigenvalue weighted by Gasteiger charge is -2.26. The van der Waals surface area contributed by atoms with Gasteiger partial charge in [-0.2, -0.15) is 4.31 Å². The number of halogens is 2. The number of nitrogens with zero attached hydrogens (tertiary/aromatic N) is 1. The fraction of sp³-hybridized carbons (Fsp3) is 0.588. The van der Waals surface area contributed by atoms with E-state index in [1.165, 1.54) is 10.4 Å². The summed E-state index contributed by atoms with van der Waals surface area (Å²) in [5, 5.41) is 0. The average molecular weight is 406 g/mol. The first-order valence-corrected chi connectivity index (χ1v) is 10.6. The molecule has 0 unspecified atom stereocenters. The van der Waals surface area contributed by atoms with Crippen LogP contribution in [-0.2, 0) is 14.8 Å². The van der Waals surface area contributed by atoms with Crippen LogP contribution in [0.3, 0.4) is 0 Å². The molecule has 1 heterocycles. The van der Waals surface area contributed by atoms with Crippen molar-refractivity contribution in [1.82, 2.24) is 4.31 Å². The van der Waals surface area contributed by atoms with E-state index in [-0.39, 0.29) is 23.0 Å². The number of carbonyl (C=O) groups is 1. The van der Waals surface area contributed by atoms with Crippen molar-refractivity contribution in [2.75, 3.05) is 19.7 Å². The van der Waals surface area contributed by atoms with Crippen LogP contribution < -0.4 is 0 Å². The first-order valence-electron chi connectivity index (χ1n) is 8.37. The van der Waals surface area contributed by atoms with E-state index in [9.17, 15) is 13.2 Å². The lowest BCUT2D eigenvalue weighted by molar-refractivity contribution is 0.0485. The molecule has 8 heteroatoms. The van der Waals surface area contributed by atoms with Gasteiger partial charge in [0.2, 0.25) is 10.0 Å². The van der Waals surface area contributed by atoms with Gasteiger partial charge in [-0.3, -0.25) is 0 Å². The summed E-state index contributed by atoms with van der Waals surface area (Å²) in [5.41, 5.74) is 0.835. The monoisotopic (exact) mass is 405 g/mol. The highest BCUT2D eigenvalue weighted by Gasteiger charge is 2.52. The van der Waals surface area contributed by atoms with Crippen molar-refractivity contribution in [2.45, 2.75) is 41.8 Å². The predicted octanol–water partition coefficient (Wildman–Crippen LogP) is 3.52. The van der Waals surface area contributed by atoms with Crippen LogP contribution in [0.2, 0.25) is 0 Å². The van der Waals surface area contributed by atoms with Gasteiger partial charge in [0.1, 0.15) is 4.33 Å². The van der Waals surface area contributed by atoms with E-state index < -0.39 is 20.3 Å². The number of sulfonamides is 1. The molecule has 0 radical (unpaired) electrons. The van der Waals surface area contributed by atoms with Gasteiger partial charge in [-0.25, -0.2) is 13.2 Å². The largest absolute Gasteiger partial charge is 0.462 e. The van der Waals surface area contributed by atoms with E-state index in [2.05, 4.69) is 0 Å². The van der Waals surface area contributed by atoms with Crippen molar-refractivity contribution < 1.29 is 17.9 Å². The Bertz CT molecular complexity index is 773. The first-order chi connectivity index (χ1) is 11.7. The van der Waals surface area contributed by atoms with Gasteiger partial charge >= 0.3 is 5.97 Å². The molecule has 0 bridgehead atoms. The number of carbonyl (C=O) groups excluding carboxylic acids is 1. The summed E-state index contributed by atoms with van der Waals surface area (Å²) in [6.07, 6.45) is 3.35. The second-order valence-corrected chi connectivity index (χ2v) is 10.2. The Kier molecular flexibility index (Phi) is 5.36. The molecule has 2 aliphatic rings. The van der Waals surface area contributed by atoms with Crippen molar-refractivity contribution in [3.8, 4) is 0 Å². The van der Waals surface area contributed by atoms with E-state index in [1.807, 2.05) is 0 Å². The smallest absolute Gasteiger partial charge is 0.338 e. The summed E-state index contributed by atoms with van der Waals surface area (Å²) in [7, 11) is -3.60. The van der Waals surface area contributed by atoms with Crippen molar-refractivity contribution in [3.63, 3.8) is 0 Å². The molecule has 2 fully saturated rings.